The lowest BCUT2D eigenvalue weighted by Crippen LogP contribution is -2.07. The van der Waals surface area contributed by atoms with E-state index in [0.717, 1.165) is 36.2 Å². The van der Waals surface area contributed by atoms with Gasteiger partial charge in [0.1, 0.15) is 0 Å². The van der Waals surface area contributed by atoms with Gasteiger partial charge >= 0.3 is 5.97 Å². The number of nitrogens with zero attached hydrogens (tertiary/aromatic N) is 1. The van der Waals surface area contributed by atoms with Crippen molar-refractivity contribution in [1.29, 1.82) is 0 Å². The molecular weight excluding hydrogens is 190 g/mol. The second-order valence-corrected chi connectivity index (χ2v) is 4.12. The van der Waals surface area contributed by atoms with Crippen molar-refractivity contribution in [2.24, 2.45) is 0 Å². The maximum Gasteiger partial charge on any atom is 0.337 e. The van der Waals surface area contributed by atoms with E-state index in [4.69, 9.17) is 5.11 Å². The first-order valence-electron chi connectivity index (χ1n) is 5.37. The summed E-state index contributed by atoms with van der Waals surface area (Å²) in [6, 6.07) is 1.77. The molecule has 1 aromatic rings. The molecule has 0 aliphatic heterocycles. The Morgan fingerprint density at radius 1 is 1.60 bits per heavy atom. The van der Waals surface area contributed by atoms with Gasteiger partial charge in [0.2, 0.25) is 0 Å². The highest BCUT2D eigenvalue weighted by Gasteiger charge is 2.30. The summed E-state index contributed by atoms with van der Waals surface area (Å²) in [6.45, 7) is 3.97. The van der Waals surface area contributed by atoms with E-state index in [9.17, 15) is 4.79 Å². The topological polar surface area (TPSA) is 50.2 Å². The predicted molar refractivity (Wildman–Crippen MR) is 57.3 cm³/mol. The molecule has 1 fully saturated rings. The molecule has 0 bridgehead atoms. The number of aromatic carboxylic acids is 1. The Labute approximate surface area is 89.2 Å². The number of carbonyl (C=O) groups is 1. The van der Waals surface area contributed by atoms with Crippen LogP contribution in [0.5, 0.6) is 0 Å². The molecule has 0 amide bonds. The molecule has 0 unspecified atom stereocenters. The van der Waals surface area contributed by atoms with Gasteiger partial charge in [-0.3, -0.25) is 4.98 Å². The van der Waals surface area contributed by atoms with Crippen molar-refractivity contribution in [3.8, 4) is 0 Å². The van der Waals surface area contributed by atoms with E-state index >= 15 is 0 Å². The van der Waals surface area contributed by atoms with Crippen molar-refractivity contribution >= 4 is 5.97 Å². The number of pyridine rings is 1. The van der Waals surface area contributed by atoms with Crippen molar-refractivity contribution in [3.63, 3.8) is 0 Å². The lowest BCUT2D eigenvalue weighted by atomic mass is 10.0. The summed E-state index contributed by atoms with van der Waals surface area (Å²) in [5, 5.41) is 9.09. The summed E-state index contributed by atoms with van der Waals surface area (Å²) in [5.74, 6) is -0.461. The number of hydrogen-bond acceptors (Lipinski definition) is 2. The summed E-state index contributed by atoms with van der Waals surface area (Å²) in [5.41, 5.74) is 3.21. The monoisotopic (exact) mass is 205 g/mol. The van der Waals surface area contributed by atoms with Gasteiger partial charge in [-0.2, -0.15) is 0 Å². The van der Waals surface area contributed by atoms with Crippen LogP contribution in [0.1, 0.15) is 53.0 Å². The Balaban J connectivity index is 2.52. The van der Waals surface area contributed by atoms with E-state index < -0.39 is 5.97 Å². The number of rotatable bonds is 3. The lowest BCUT2D eigenvalue weighted by molar-refractivity contribution is 0.0695. The van der Waals surface area contributed by atoms with Crippen LogP contribution in [-0.2, 0) is 6.42 Å². The van der Waals surface area contributed by atoms with Gasteiger partial charge in [-0.15, -0.1) is 0 Å². The number of hydrogen-bond donors (Lipinski definition) is 1. The first kappa shape index (κ1) is 10.1. The zero-order valence-electron chi connectivity index (χ0n) is 9.08. The molecule has 3 nitrogen and oxygen atoms in total. The zero-order valence-corrected chi connectivity index (χ0v) is 9.08. The van der Waals surface area contributed by atoms with Gasteiger partial charge in [-0.1, -0.05) is 6.92 Å². The maximum absolute atomic E-state index is 11.1. The maximum atomic E-state index is 11.1. The van der Waals surface area contributed by atoms with Crippen molar-refractivity contribution in [2.45, 2.75) is 39.0 Å². The molecule has 0 aromatic carbocycles. The van der Waals surface area contributed by atoms with Crippen LogP contribution in [0.4, 0.5) is 0 Å². The highest BCUT2D eigenvalue weighted by atomic mass is 16.4. The highest BCUT2D eigenvalue weighted by molar-refractivity contribution is 5.89. The van der Waals surface area contributed by atoms with Gasteiger partial charge < -0.3 is 5.11 Å². The number of aryl methyl sites for hydroxylation is 2. The third-order valence-electron chi connectivity index (χ3n) is 2.88. The quantitative estimate of drug-likeness (QED) is 0.824. The zero-order chi connectivity index (χ0) is 11.0. The smallest absolute Gasteiger partial charge is 0.337 e. The van der Waals surface area contributed by atoms with Crippen molar-refractivity contribution in [3.05, 3.63) is 28.6 Å². The highest BCUT2D eigenvalue weighted by Crippen LogP contribution is 2.41. The summed E-state index contributed by atoms with van der Waals surface area (Å²) in [4.78, 5) is 15.6. The van der Waals surface area contributed by atoms with Crippen LogP contribution in [-0.4, -0.2) is 16.1 Å². The third kappa shape index (κ3) is 1.87. The molecule has 15 heavy (non-hydrogen) atoms. The molecule has 1 aliphatic carbocycles. The normalized spacial score (nSPS) is 15.3. The Kier molecular flexibility index (Phi) is 2.47. The van der Waals surface area contributed by atoms with E-state index in [-0.39, 0.29) is 0 Å². The third-order valence-corrected chi connectivity index (χ3v) is 2.88. The fourth-order valence-electron chi connectivity index (χ4n) is 1.86. The minimum Gasteiger partial charge on any atom is -0.478 e. The van der Waals surface area contributed by atoms with Crippen molar-refractivity contribution in [2.75, 3.05) is 0 Å². The van der Waals surface area contributed by atoms with Gasteiger partial charge in [0, 0.05) is 11.6 Å². The fraction of sp³-hybridized carbons (Fsp3) is 0.500. The molecule has 0 atom stereocenters. The summed E-state index contributed by atoms with van der Waals surface area (Å²) >= 11 is 0. The molecule has 1 heterocycles. The van der Waals surface area contributed by atoms with Crippen molar-refractivity contribution in [1.82, 2.24) is 4.98 Å². The van der Waals surface area contributed by atoms with E-state index in [2.05, 4.69) is 4.98 Å². The van der Waals surface area contributed by atoms with Crippen LogP contribution in [0.3, 0.4) is 0 Å². The molecule has 0 radical (unpaired) electrons. The molecule has 80 valence electrons. The Hall–Kier alpha value is -1.38. The first-order chi connectivity index (χ1) is 7.13. The summed E-state index contributed by atoms with van der Waals surface area (Å²) < 4.78 is 0. The number of aromatic nitrogens is 1. The average Bonchev–Trinajstić information content (AvgIpc) is 3.00. The van der Waals surface area contributed by atoms with Crippen LogP contribution >= 0.6 is 0 Å². The predicted octanol–water partition coefficient (Wildman–Crippen LogP) is 2.53. The average molecular weight is 205 g/mol. The molecule has 1 aromatic heterocycles. The van der Waals surface area contributed by atoms with E-state index in [1.807, 2.05) is 13.8 Å². The molecule has 0 spiro atoms. The van der Waals surface area contributed by atoms with E-state index in [0.29, 0.717) is 11.5 Å². The second-order valence-electron chi connectivity index (χ2n) is 4.12. The fourth-order valence-corrected chi connectivity index (χ4v) is 1.86. The van der Waals surface area contributed by atoms with Gasteiger partial charge in [-0.25, -0.2) is 4.79 Å². The molecule has 3 heteroatoms. The van der Waals surface area contributed by atoms with Crippen LogP contribution in [0.25, 0.3) is 0 Å². The van der Waals surface area contributed by atoms with Crippen molar-refractivity contribution < 1.29 is 9.90 Å². The van der Waals surface area contributed by atoms with Gasteiger partial charge in [0.15, 0.2) is 0 Å². The van der Waals surface area contributed by atoms with Crippen LogP contribution < -0.4 is 0 Å². The molecule has 0 saturated heterocycles. The standard InChI is InChI=1S/C12H15NO2/c1-3-10-7(2)6-9(12(14)15)11(13-10)8-4-5-8/h6,8H,3-5H2,1-2H3,(H,14,15). The molecule has 2 rings (SSSR count). The van der Waals surface area contributed by atoms with Gasteiger partial charge in [0.05, 0.1) is 11.3 Å². The number of carboxylic acids is 1. The van der Waals surface area contributed by atoms with Crippen LogP contribution in [0.15, 0.2) is 6.07 Å². The molecule has 1 saturated carbocycles. The first-order valence-corrected chi connectivity index (χ1v) is 5.37. The van der Waals surface area contributed by atoms with Crippen LogP contribution in [0.2, 0.25) is 0 Å². The SMILES string of the molecule is CCc1nc(C2CC2)c(C(=O)O)cc1C. The lowest BCUT2D eigenvalue weighted by Gasteiger charge is -2.09. The minimum absolute atomic E-state index is 0.391. The molecular formula is C12H15NO2. The molecule has 1 N–H and O–H groups in total. The van der Waals surface area contributed by atoms with E-state index in [1.165, 1.54) is 0 Å². The van der Waals surface area contributed by atoms with Gasteiger partial charge in [-0.05, 0) is 37.8 Å². The van der Waals surface area contributed by atoms with E-state index in [1.54, 1.807) is 6.07 Å². The Morgan fingerprint density at radius 2 is 2.27 bits per heavy atom. The summed E-state index contributed by atoms with van der Waals surface area (Å²) in [7, 11) is 0. The Morgan fingerprint density at radius 3 is 2.73 bits per heavy atom. The number of carboxylic acid groups (broad SMARTS) is 1. The molecule has 1 aliphatic rings. The van der Waals surface area contributed by atoms with Crippen LogP contribution in [0, 0.1) is 6.92 Å². The minimum atomic E-state index is -0.852. The Bertz CT molecular complexity index is 408. The van der Waals surface area contributed by atoms with Gasteiger partial charge in [0.25, 0.3) is 0 Å². The second kappa shape index (κ2) is 3.65. The summed E-state index contributed by atoms with van der Waals surface area (Å²) in [6.07, 6.45) is 3.03. The largest absolute Gasteiger partial charge is 0.478 e.